The topological polar surface area (TPSA) is 12.0 Å². The normalized spacial score (nSPS) is 13.1. The van der Waals surface area contributed by atoms with Gasteiger partial charge in [0.2, 0.25) is 0 Å². The zero-order valence-corrected chi connectivity index (χ0v) is 12.1. The zero-order valence-electron chi connectivity index (χ0n) is 9.76. The van der Waals surface area contributed by atoms with Crippen LogP contribution in [0.2, 0.25) is 10.0 Å². The van der Waals surface area contributed by atoms with E-state index >= 15 is 0 Å². The Labute approximate surface area is 112 Å². The van der Waals surface area contributed by atoms with Crippen molar-refractivity contribution in [3.05, 3.63) is 28.2 Å². The van der Waals surface area contributed by atoms with Crippen LogP contribution in [0.25, 0.3) is 0 Å². The van der Waals surface area contributed by atoms with Crippen LogP contribution in [0, 0.1) is 0 Å². The van der Waals surface area contributed by atoms with Crippen LogP contribution in [0.1, 0.15) is 20.8 Å². The molecule has 0 aliphatic rings. The van der Waals surface area contributed by atoms with Gasteiger partial charge in [0.1, 0.15) is 0 Å². The summed E-state index contributed by atoms with van der Waals surface area (Å²) in [6.45, 7) is 7.43. The molecule has 90 valence electrons. The number of rotatable bonds is 5. The maximum absolute atomic E-state index is 6.10. The van der Waals surface area contributed by atoms with E-state index in [2.05, 4.69) is 26.1 Å². The third-order valence-electron chi connectivity index (χ3n) is 2.03. The van der Waals surface area contributed by atoms with Gasteiger partial charge in [-0.1, -0.05) is 44.0 Å². The molecule has 0 saturated carbocycles. The van der Waals surface area contributed by atoms with Gasteiger partial charge < -0.3 is 5.32 Å². The molecule has 1 nitrogen and oxygen atoms in total. The molecule has 0 aromatic heterocycles. The number of nitrogens with one attached hydrogen (secondary N) is 1. The van der Waals surface area contributed by atoms with E-state index in [-0.39, 0.29) is 0 Å². The summed E-state index contributed by atoms with van der Waals surface area (Å²) in [6, 6.07) is 6.08. The van der Waals surface area contributed by atoms with Gasteiger partial charge in [-0.15, -0.1) is 11.8 Å². The lowest BCUT2D eigenvalue weighted by Gasteiger charge is -2.15. The Kier molecular flexibility index (Phi) is 5.98. The van der Waals surface area contributed by atoms with Crippen molar-refractivity contribution < 1.29 is 0 Å². The first-order valence-corrected chi connectivity index (χ1v) is 6.97. The summed E-state index contributed by atoms with van der Waals surface area (Å²) in [5.74, 6) is 0. The minimum atomic E-state index is 0.471. The first-order chi connectivity index (χ1) is 7.49. The van der Waals surface area contributed by atoms with Crippen LogP contribution < -0.4 is 5.32 Å². The maximum atomic E-state index is 6.10. The Morgan fingerprint density at radius 1 is 1.25 bits per heavy atom. The average Bonchev–Trinajstić information content (AvgIpc) is 2.20. The van der Waals surface area contributed by atoms with E-state index in [1.165, 1.54) is 0 Å². The molecule has 0 fully saturated rings. The van der Waals surface area contributed by atoms with Gasteiger partial charge in [0.25, 0.3) is 0 Å². The van der Waals surface area contributed by atoms with E-state index in [0.29, 0.717) is 11.3 Å². The van der Waals surface area contributed by atoms with Crippen LogP contribution >= 0.6 is 35.0 Å². The summed E-state index contributed by atoms with van der Waals surface area (Å²) in [6.07, 6.45) is 0. The molecular formula is C12H17Cl2NS. The minimum Gasteiger partial charge on any atom is -0.313 e. The third-order valence-corrected chi connectivity index (χ3v) is 3.87. The van der Waals surface area contributed by atoms with Crippen molar-refractivity contribution in [3.8, 4) is 0 Å². The van der Waals surface area contributed by atoms with Gasteiger partial charge in [-0.25, -0.2) is 0 Å². The molecule has 1 N–H and O–H groups in total. The second kappa shape index (κ2) is 6.75. The molecule has 1 rings (SSSR count). The molecule has 16 heavy (non-hydrogen) atoms. The number of hydrogen-bond acceptors (Lipinski definition) is 2. The molecule has 0 amide bonds. The van der Waals surface area contributed by atoms with Gasteiger partial charge >= 0.3 is 0 Å². The molecule has 0 radical (unpaired) electrons. The molecule has 1 aromatic carbocycles. The molecule has 0 bridgehead atoms. The van der Waals surface area contributed by atoms with Crippen LogP contribution in [0.5, 0.6) is 0 Å². The predicted octanol–water partition coefficient (Wildman–Crippen LogP) is 4.47. The second-order valence-corrected chi connectivity index (χ2v) is 6.39. The molecule has 0 aliphatic carbocycles. The lowest BCUT2D eigenvalue weighted by molar-refractivity contribution is 0.589. The molecule has 1 atom stereocenters. The summed E-state index contributed by atoms with van der Waals surface area (Å²) >= 11 is 13.8. The number of halogens is 2. The van der Waals surface area contributed by atoms with Crippen molar-refractivity contribution in [2.75, 3.05) is 6.54 Å². The summed E-state index contributed by atoms with van der Waals surface area (Å²) in [5.41, 5.74) is 0. The van der Waals surface area contributed by atoms with Crippen molar-refractivity contribution >= 4 is 35.0 Å². The molecular weight excluding hydrogens is 261 g/mol. The lowest BCUT2D eigenvalue weighted by Crippen LogP contribution is -2.28. The van der Waals surface area contributed by atoms with Crippen LogP contribution in [0.4, 0.5) is 0 Å². The highest BCUT2D eigenvalue weighted by atomic mass is 35.5. The SMILES string of the molecule is CC(C)NCC(C)Sc1cc(Cl)ccc1Cl. The van der Waals surface area contributed by atoms with Crippen LogP contribution in [0.15, 0.2) is 23.1 Å². The van der Waals surface area contributed by atoms with Crippen LogP contribution in [-0.4, -0.2) is 17.8 Å². The second-order valence-electron chi connectivity index (χ2n) is 4.07. The van der Waals surface area contributed by atoms with Gasteiger partial charge in [-0.3, -0.25) is 0 Å². The van der Waals surface area contributed by atoms with Gasteiger partial charge in [0.15, 0.2) is 0 Å². The molecule has 1 unspecified atom stereocenters. The smallest absolute Gasteiger partial charge is 0.0543 e. The van der Waals surface area contributed by atoms with Crippen molar-refractivity contribution in [1.29, 1.82) is 0 Å². The summed E-state index contributed by atoms with van der Waals surface area (Å²) in [4.78, 5) is 1.05. The number of benzene rings is 1. The molecule has 0 heterocycles. The van der Waals surface area contributed by atoms with Crippen molar-refractivity contribution in [2.45, 2.75) is 37.0 Å². The Balaban J connectivity index is 2.55. The van der Waals surface area contributed by atoms with Gasteiger partial charge in [-0.2, -0.15) is 0 Å². The van der Waals surface area contributed by atoms with Crippen molar-refractivity contribution in [2.24, 2.45) is 0 Å². The summed E-state index contributed by atoms with van der Waals surface area (Å²) in [7, 11) is 0. The fourth-order valence-corrected chi connectivity index (χ4v) is 2.70. The molecule has 0 aliphatic heterocycles. The average molecular weight is 278 g/mol. The first-order valence-electron chi connectivity index (χ1n) is 5.34. The Bertz CT molecular complexity index is 342. The Morgan fingerprint density at radius 2 is 1.94 bits per heavy atom. The van der Waals surface area contributed by atoms with Crippen LogP contribution in [-0.2, 0) is 0 Å². The molecule has 0 spiro atoms. The third kappa shape index (κ3) is 4.96. The van der Waals surface area contributed by atoms with E-state index in [9.17, 15) is 0 Å². The highest BCUT2D eigenvalue weighted by Gasteiger charge is 2.08. The summed E-state index contributed by atoms with van der Waals surface area (Å²) < 4.78 is 0. The Hall–Kier alpha value is 0.110. The highest BCUT2D eigenvalue weighted by molar-refractivity contribution is 8.00. The monoisotopic (exact) mass is 277 g/mol. The predicted molar refractivity (Wildman–Crippen MR) is 74.9 cm³/mol. The highest BCUT2D eigenvalue weighted by Crippen LogP contribution is 2.32. The van der Waals surface area contributed by atoms with E-state index in [1.54, 1.807) is 11.8 Å². The van der Waals surface area contributed by atoms with E-state index < -0.39 is 0 Å². The number of hydrogen-bond donors (Lipinski definition) is 1. The van der Waals surface area contributed by atoms with E-state index in [4.69, 9.17) is 23.2 Å². The zero-order chi connectivity index (χ0) is 12.1. The first kappa shape index (κ1) is 14.2. The fourth-order valence-electron chi connectivity index (χ4n) is 1.23. The van der Waals surface area contributed by atoms with Gasteiger partial charge in [-0.05, 0) is 18.2 Å². The quantitative estimate of drug-likeness (QED) is 0.797. The molecule has 4 heteroatoms. The van der Waals surface area contributed by atoms with E-state index in [0.717, 1.165) is 21.5 Å². The minimum absolute atomic E-state index is 0.471. The Morgan fingerprint density at radius 3 is 2.56 bits per heavy atom. The maximum Gasteiger partial charge on any atom is 0.0543 e. The van der Waals surface area contributed by atoms with Crippen molar-refractivity contribution in [1.82, 2.24) is 5.32 Å². The lowest BCUT2D eigenvalue weighted by atomic mass is 10.3. The van der Waals surface area contributed by atoms with Gasteiger partial charge in [0, 0.05) is 27.8 Å². The van der Waals surface area contributed by atoms with Crippen LogP contribution in [0.3, 0.4) is 0 Å². The van der Waals surface area contributed by atoms with Crippen molar-refractivity contribution in [3.63, 3.8) is 0 Å². The van der Waals surface area contributed by atoms with Gasteiger partial charge in [0.05, 0.1) is 5.02 Å². The fraction of sp³-hybridized carbons (Fsp3) is 0.500. The molecule has 0 saturated heterocycles. The molecule has 1 aromatic rings. The standard InChI is InChI=1S/C12H17Cl2NS/c1-8(2)15-7-9(3)16-12-6-10(13)4-5-11(12)14/h4-6,8-9,15H,7H2,1-3H3. The summed E-state index contributed by atoms with van der Waals surface area (Å²) in [5, 5.41) is 5.37. The van der Waals surface area contributed by atoms with E-state index in [1.807, 2.05) is 18.2 Å². The number of thioether (sulfide) groups is 1. The largest absolute Gasteiger partial charge is 0.313 e.